The number of aliphatic hydroxyl groups is 1. The summed E-state index contributed by atoms with van der Waals surface area (Å²) in [6, 6.07) is 7.23. The molecule has 4 heterocycles. The molecule has 5 rings (SSSR count). The zero-order valence-electron chi connectivity index (χ0n) is 23.9. The smallest absolute Gasteiger partial charge is 0.413 e. The number of hydrogen-bond donors (Lipinski definition) is 2. The lowest BCUT2D eigenvalue weighted by atomic mass is 9.93. The van der Waals surface area contributed by atoms with Crippen molar-refractivity contribution < 1.29 is 37.3 Å². The molecular formula is C30H34F3N5O5. The molecule has 43 heavy (non-hydrogen) atoms. The molecule has 2 aliphatic heterocycles. The first-order valence-electron chi connectivity index (χ1n) is 14.1. The van der Waals surface area contributed by atoms with Crippen molar-refractivity contribution in [1.82, 2.24) is 19.8 Å². The van der Waals surface area contributed by atoms with Crippen LogP contribution in [0.5, 0.6) is 5.88 Å². The number of rotatable bonds is 8. The fourth-order valence-electron chi connectivity index (χ4n) is 5.88. The molecule has 0 saturated carbocycles. The van der Waals surface area contributed by atoms with Gasteiger partial charge < -0.3 is 29.7 Å². The quantitative estimate of drug-likeness (QED) is 0.395. The van der Waals surface area contributed by atoms with Gasteiger partial charge in [0, 0.05) is 55.9 Å². The van der Waals surface area contributed by atoms with E-state index in [0.29, 0.717) is 41.5 Å². The summed E-state index contributed by atoms with van der Waals surface area (Å²) < 4.78 is 54.0. The number of methoxy groups -OCH3 is 1. The third-order valence-corrected chi connectivity index (χ3v) is 8.16. The number of nitrogens with zero attached hydrogens (tertiary/aromatic N) is 4. The third kappa shape index (κ3) is 6.52. The molecule has 1 aromatic carbocycles. The highest BCUT2D eigenvalue weighted by molar-refractivity contribution is 5.85. The Morgan fingerprint density at radius 1 is 1.16 bits per heavy atom. The van der Waals surface area contributed by atoms with Crippen LogP contribution in [0.15, 0.2) is 42.6 Å². The number of anilines is 2. The van der Waals surface area contributed by atoms with Crippen molar-refractivity contribution in [2.24, 2.45) is 5.92 Å². The Balaban J connectivity index is 1.37. The van der Waals surface area contributed by atoms with Crippen LogP contribution in [0.2, 0.25) is 0 Å². The Morgan fingerprint density at radius 3 is 2.49 bits per heavy atom. The third-order valence-electron chi connectivity index (χ3n) is 8.16. The maximum atomic E-state index is 14.4. The Labute approximate surface area is 246 Å². The van der Waals surface area contributed by atoms with Crippen LogP contribution in [-0.4, -0.2) is 89.9 Å². The summed E-state index contributed by atoms with van der Waals surface area (Å²) in [4.78, 5) is 36.2. The van der Waals surface area contributed by atoms with Crippen molar-refractivity contribution in [1.29, 1.82) is 0 Å². The van der Waals surface area contributed by atoms with E-state index >= 15 is 0 Å². The maximum absolute atomic E-state index is 14.4. The van der Waals surface area contributed by atoms with Gasteiger partial charge in [-0.25, -0.2) is 4.98 Å². The molecule has 0 bridgehead atoms. The lowest BCUT2D eigenvalue weighted by molar-refractivity contribution is -0.191. The minimum absolute atomic E-state index is 0.0507. The highest BCUT2D eigenvalue weighted by Gasteiger charge is 2.46. The number of piperidine rings is 1. The van der Waals surface area contributed by atoms with Gasteiger partial charge in [-0.2, -0.15) is 13.2 Å². The molecule has 2 N–H and O–H groups in total. The van der Waals surface area contributed by atoms with Gasteiger partial charge >= 0.3 is 6.18 Å². The number of carbonyl (C=O) groups is 2. The highest BCUT2D eigenvalue weighted by Crippen LogP contribution is 2.40. The van der Waals surface area contributed by atoms with E-state index in [1.54, 1.807) is 24.4 Å². The van der Waals surface area contributed by atoms with E-state index in [4.69, 9.17) is 14.6 Å². The van der Waals surface area contributed by atoms with Crippen LogP contribution in [0.3, 0.4) is 0 Å². The molecule has 10 nitrogen and oxygen atoms in total. The van der Waals surface area contributed by atoms with Gasteiger partial charge in [-0.3, -0.25) is 14.6 Å². The summed E-state index contributed by atoms with van der Waals surface area (Å²) in [5.74, 6) is -1.24. The monoisotopic (exact) mass is 601 g/mol. The molecule has 2 amide bonds. The van der Waals surface area contributed by atoms with Crippen LogP contribution in [0, 0.1) is 5.92 Å². The van der Waals surface area contributed by atoms with Crippen LogP contribution in [0.4, 0.5) is 24.5 Å². The van der Waals surface area contributed by atoms with E-state index in [9.17, 15) is 22.8 Å². The van der Waals surface area contributed by atoms with Gasteiger partial charge in [0.05, 0.1) is 36.6 Å². The minimum Gasteiger partial charge on any atom is -0.481 e. The first kappa shape index (κ1) is 30.5. The summed E-state index contributed by atoms with van der Waals surface area (Å²) in [7, 11) is 2.70. The second-order valence-electron chi connectivity index (χ2n) is 10.8. The van der Waals surface area contributed by atoms with Crippen molar-refractivity contribution in [2.45, 2.75) is 37.4 Å². The van der Waals surface area contributed by atoms with Gasteiger partial charge in [0.1, 0.15) is 6.61 Å². The van der Waals surface area contributed by atoms with Gasteiger partial charge in [0.2, 0.25) is 17.7 Å². The number of pyridine rings is 2. The number of carbonyl (C=O) groups excluding carboxylic acids is 2. The number of aliphatic hydroxyl groups excluding tert-OH is 1. The SMILES string of the molecule is COc1ccc2ncc(Nc3ccc([C@H](N(C)C(=O)C4CCN(C(=O)CO)CC4)C(F)(F)F)cc3)c([C@H]3CCOC3)c2n1. The van der Waals surface area contributed by atoms with E-state index in [1.807, 2.05) is 6.07 Å². The van der Waals surface area contributed by atoms with Gasteiger partial charge in [0.15, 0.2) is 6.04 Å². The second-order valence-corrected chi connectivity index (χ2v) is 10.8. The fraction of sp³-hybridized carbons (Fsp3) is 0.467. The number of amides is 2. The lowest BCUT2D eigenvalue weighted by Crippen LogP contribution is -2.47. The number of aromatic nitrogens is 2. The van der Waals surface area contributed by atoms with Crippen LogP contribution in [0.25, 0.3) is 11.0 Å². The maximum Gasteiger partial charge on any atom is 0.413 e. The first-order chi connectivity index (χ1) is 20.6. The largest absolute Gasteiger partial charge is 0.481 e. The number of halogens is 3. The number of alkyl halides is 3. The Hall–Kier alpha value is -3.97. The van der Waals surface area contributed by atoms with E-state index in [2.05, 4.69) is 15.3 Å². The predicted molar refractivity (Wildman–Crippen MR) is 152 cm³/mol. The fourth-order valence-corrected chi connectivity index (χ4v) is 5.88. The predicted octanol–water partition coefficient (Wildman–Crippen LogP) is 4.18. The Kier molecular flexibility index (Phi) is 9.02. The van der Waals surface area contributed by atoms with Crippen molar-refractivity contribution in [3.63, 3.8) is 0 Å². The van der Waals surface area contributed by atoms with E-state index < -0.39 is 36.6 Å². The van der Waals surface area contributed by atoms with Crippen LogP contribution in [-0.2, 0) is 14.3 Å². The first-order valence-corrected chi connectivity index (χ1v) is 14.1. The van der Waals surface area contributed by atoms with E-state index in [0.717, 1.165) is 23.9 Å². The molecule has 2 fully saturated rings. The standard InChI is InChI=1S/C30H34F3N5O5/c1-37(29(41)19-9-12-38(13-10-19)25(40)16-39)28(30(31,32)33)18-3-5-21(6-4-18)35-23-15-34-22-7-8-24(42-2)36-27(22)26(23)20-11-14-43-17-20/h3-8,15,19-20,28,35,39H,9-14,16-17H2,1-2H3/t20-,28-/m0/s1. The normalized spacial score (nSPS) is 18.5. The highest BCUT2D eigenvalue weighted by atomic mass is 19.4. The van der Waals surface area contributed by atoms with Crippen LogP contribution >= 0.6 is 0 Å². The summed E-state index contributed by atoms with van der Waals surface area (Å²) in [5, 5.41) is 12.3. The molecule has 0 spiro atoms. The van der Waals surface area contributed by atoms with Crippen molar-refractivity contribution in [3.8, 4) is 5.88 Å². The molecule has 0 radical (unpaired) electrons. The summed E-state index contributed by atoms with van der Waals surface area (Å²) in [5.41, 5.74) is 3.39. The van der Waals surface area contributed by atoms with Gasteiger partial charge in [-0.1, -0.05) is 12.1 Å². The minimum atomic E-state index is -4.71. The molecular weight excluding hydrogens is 567 g/mol. The van der Waals surface area contributed by atoms with Crippen molar-refractivity contribution in [2.75, 3.05) is 52.4 Å². The number of likely N-dealkylation sites (tertiary alicyclic amines) is 1. The summed E-state index contributed by atoms with van der Waals surface area (Å²) in [6.45, 7) is 0.898. The topological polar surface area (TPSA) is 117 Å². The Bertz CT molecular complexity index is 1460. The zero-order valence-corrected chi connectivity index (χ0v) is 23.9. The molecule has 0 aliphatic carbocycles. The van der Waals surface area contributed by atoms with Crippen LogP contribution in [0.1, 0.15) is 42.3 Å². The molecule has 2 aliphatic rings. The average Bonchev–Trinajstić information content (AvgIpc) is 3.54. The van der Waals surface area contributed by atoms with Gasteiger partial charge in [0.25, 0.3) is 0 Å². The summed E-state index contributed by atoms with van der Waals surface area (Å²) in [6.07, 6.45) is -1.78. The molecule has 2 aromatic heterocycles. The molecule has 3 aromatic rings. The number of fused-ring (bicyclic) bond motifs is 1. The molecule has 2 atom stereocenters. The lowest BCUT2D eigenvalue weighted by Gasteiger charge is -2.36. The van der Waals surface area contributed by atoms with E-state index in [-0.39, 0.29) is 37.4 Å². The number of hydrogen-bond acceptors (Lipinski definition) is 8. The van der Waals surface area contributed by atoms with Gasteiger partial charge in [-0.15, -0.1) is 0 Å². The summed E-state index contributed by atoms with van der Waals surface area (Å²) >= 11 is 0. The molecule has 13 heteroatoms. The number of nitrogens with one attached hydrogen (secondary N) is 1. The molecule has 230 valence electrons. The van der Waals surface area contributed by atoms with Gasteiger partial charge in [-0.05, 0) is 43.0 Å². The number of ether oxygens (including phenoxy) is 2. The molecule has 2 saturated heterocycles. The average molecular weight is 602 g/mol. The second kappa shape index (κ2) is 12.7. The molecule has 0 unspecified atom stereocenters. The zero-order chi connectivity index (χ0) is 30.7. The van der Waals surface area contributed by atoms with Crippen molar-refractivity contribution in [3.05, 3.63) is 53.7 Å². The van der Waals surface area contributed by atoms with Crippen molar-refractivity contribution >= 4 is 34.2 Å². The Morgan fingerprint density at radius 2 is 1.88 bits per heavy atom. The van der Waals surface area contributed by atoms with E-state index in [1.165, 1.54) is 24.1 Å². The number of benzene rings is 1. The van der Waals surface area contributed by atoms with Crippen LogP contribution < -0.4 is 10.1 Å².